The van der Waals surface area contributed by atoms with Crippen LogP contribution in [0.4, 0.5) is 5.69 Å². The van der Waals surface area contributed by atoms with Gasteiger partial charge in [-0.2, -0.15) is 0 Å². The van der Waals surface area contributed by atoms with Crippen molar-refractivity contribution in [2.75, 3.05) is 19.0 Å². The first-order valence-corrected chi connectivity index (χ1v) is 6.25. The third kappa shape index (κ3) is 2.33. The molecule has 0 fully saturated rings. The zero-order valence-corrected chi connectivity index (χ0v) is 12.1. The fraction of sp³-hybridized carbons (Fsp3) is 0.429. The summed E-state index contributed by atoms with van der Waals surface area (Å²) >= 11 is 0. The van der Waals surface area contributed by atoms with Crippen molar-refractivity contribution in [1.82, 2.24) is 14.9 Å². The molecule has 5 nitrogen and oxygen atoms in total. The third-order valence-corrected chi connectivity index (χ3v) is 3.56. The average molecular weight is 260 g/mol. The van der Waals surface area contributed by atoms with Gasteiger partial charge in [0.2, 0.25) is 5.91 Å². The van der Waals surface area contributed by atoms with Gasteiger partial charge in [0.05, 0.1) is 22.9 Å². The van der Waals surface area contributed by atoms with Crippen molar-refractivity contribution in [1.29, 1.82) is 0 Å². The Bertz CT molecular complexity index is 615. The van der Waals surface area contributed by atoms with Crippen molar-refractivity contribution >= 4 is 22.6 Å². The number of amides is 1. The van der Waals surface area contributed by atoms with E-state index in [-0.39, 0.29) is 5.91 Å². The van der Waals surface area contributed by atoms with Crippen LogP contribution in [-0.2, 0) is 11.8 Å². The van der Waals surface area contributed by atoms with Crippen LogP contribution in [0.1, 0.15) is 13.8 Å². The van der Waals surface area contributed by atoms with E-state index >= 15 is 0 Å². The van der Waals surface area contributed by atoms with Gasteiger partial charge in [-0.1, -0.05) is 0 Å². The summed E-state index contributed by atoms with van der Waals surface area (Å²) in [6.45, 7) is 3.73. The molecule has 0 radical (unpaired) electrons. The van der Waals surface area contributed by atoms with Gasteiger partial charge in [-0.25, -0.2) is 4.98 Å². The monoisotopic (exact) mass is 260 g/mol. The lowest BCUT2D eigenvalue weighted by Crippen LogP contribution is -2.51. The molecular weight excluding hydrogens is 240 g/mol. The number of fused-ring (bicyclic) bond motifs is 1. The van der Waals surface area contributed by atoms with E-state index in [1.54, 1.807) is 25.3 Å². The van der Waals surface area contributed by atoms with Gasteiger partial charge in [-0.15, -0.1) is 0 Å². The van der Waals surface area contributed by atoms with Gasteiger partial charge in [0.25, 0.3) is 0 Å². The molecule has 0 saturated heterocycles. The average Bonchev–Trinajstić information content (AvgIpc) is 2.78. The van der Waals surface area contributed by atoms with Gasteiger partial charge in [0.15, 0.2) is 0 Å². The fourth-order valence-corrected chi connectivity index (χ4v) is 1.98. The second kappa shape index (κ2) is 4.66. The molecule has 2 aromatic rings. The molecule has 2 rings (SSSR count). The summed E-state index contributed by atoms with van der Waals surface area (Å²) < 4.78 is 1.96. The summed E-state index contributed by atoms with van der Waals surface area (Å²) in [7, 11) is 5.52. The molecule has 5 heteroatoms. The van der Waals surface area contributed by atoms with E-state index in [1.165, 1.54) is 0 Å². The molecule has 0 aliphatic heterocycles. The van der Waals surface area contributed by atoms with Crippen molar-refractivity contribution in [2.24, 2.45) is 7.05 Å². The molecule has 0 atom stereocenters. The Morgan fingerprint density at radius 2 is 2.11 bits per heavy atom. The van der Waals surface area contributed by atoms with Gasteiger partial charge >= 0.3 is 0 Å². The van der Waals surface area contributed by atoms with Crippen LogP contribution in [-0.4, -0.2) is 35.1 Å². The molecule has 19 heavy (non-hydrogen) atoms. The molecule has 1 amide bonds. The van der Waals surface area contributed by atoms with Crippen LogP contribution in [0.5, 0.6) is 0 Å². The number of imidazole rings is 1. The maximum atomic E-state index is 12.4. The van der Waals surface area contributed by atoms with E-state index < -0.39 is 5.54 Å². The number of aromatic nitrogens is 2. The van der Waals surface area contributed by atoms with Gasteiger partial charge in [0, 0.05) is 19.8 Å². The number of hydrogen-bond donors (Lipinski definition) is 1. The first kappa shape index (κ1) is 13.5. The highest BCUT2D eigenvalue weighted by Crippen LogP contribution is 2.22. The quantitative estimate of drug-likeness (QED) is 0.910. The maximum Gasteiger partial charge on any atom is 0.246 e. The highest BCUT2D eigenvalue weighted by atomic mass is 16.2. The summed E-state index contributed by atoms with van der Waals surface area (Å²) in [5.74, 6) is 0.0188. The molecule has 1 heterocycles. The Morgan fingerprint density at radius 3 is 2.74 bits per heavy atom. The van der Waals surface area contributed by atoms with Crippen molar-refractivity contribution in [3.63, 3.8) is 0 Å². The Labute approximate surface area is 113 Å². The van der Waals surface area contributed by atoms with E-state index in [0.29, 0.717) is 0 Å². The number of rotatable bonds is 3. The van der Waals surface area contributed by atoms with Crippen LogP contribution >= 0.6 is 0 Å². The van der Waals surface area contributed by atoms with Crippen LogP contribution in [0.25, 0.3) is 11.0 Å². The smallest absolute Gasteiger partial charge is 0.246 e. The molecule has 0 saturated carbocycles. The molecule has 0 aliphatic rings. The van der Waals surface area contributed by atoms with Gasteiger partial charge < -0.3 is 14.8 Å². The lowest BCUT2D eigenvalue weighted by molar-refractivity contribution is -0.123. The van der Waals surface area contributed by atoms with E-state index in [1.807, 2.05) is 43.7 Å². The van der Waals surface area contributed by atoms with Crippen LogP contribution in [0, 0.1) is 0 Å². The number of likely N-dealkylation sites (N-methyl/N-ethyl adjacent to an activating group) is 2. The number of carbonyl (C=O) groups is 1. The molecule has 0 aliphatic carbocycles. The maximum absolute atomic E-state index is 12.4. The van der Waals surface area contributed by atoms with E-state index in [9.17, 15) is 4.79 Å². The molecule has 1 N–H and O–H groups in total. The minimum absolute atomic E-state index is 0.0188. The Kier molecular flexibility index (Phi) is 3.32. The van der Waals surface area contributed by atoms with Gasteiger partial charge in [-0.05, 0) is 39.1 Å². The number of anilines is 1. The number of benzene rings is 1. The second-order valence-electron chi connectivity index (χ2n) is 5.27. The Morgan fingerprint density at radius 1 is 1.42 bits per heavy atom. The minimum atomic E-state index is -0.589. The predicted molar refractivity (Wildman–Crippen MR) is 77.3 cm³/mol. The van der Waals surface area contributed by atoms with Crippen LogP contribution in [0.15, 0.2) is 24.5 Å². The molecule has 0 unspecified atom stereocenters. The normalized spacial score (nSPS) is 11.8. The SMILES string of the molecule is CNC(C)(C)C(=O)N(C)c1ccc2c(c1)ncn2C. The lowest BCUT2D eigenvalue weighted by Gasteiger charge is -2.29. The third-order valence-electron chi connectivity index (χ3n) is 3.56. The van der Waals surface area contributed by atoms with E-state index in [2.05, 4.69) is 10.3 Å². The van der Waals surface area contributed by atoms with E-state index in [4.69, 9.17) is 0 Å². The van der Waals surface area contributed by atoms with Gasteiger partial charge in [0.1, 0.15) is 0 Å². The van der Waals surface area contributed by atoms with Crippen molar-refractivity contribution in [3.05, 3.63) is 24.5 Å². The topological polar surface area (TPSA) is 50.2 Å². The largest absolute Gasteiger partial charge is 0.334 e. The highest BCUT2D eigenvalue weighted by molar-refractivity contribution is 6.00. The lowest BCUT2D eigenvalue weighted by atomic mass is 10.0. The summed E-state index contributed by atoms with van der Waals surface area (Å²) in [5, 5.41) is 3.02. The van der Waals surface area contributed by atoms with Crippen LogP contribution in [0.2, 0.25) is 0 Å². The van der Waals surface area contributed by atoms with Crippen molar-refractivity contribution in [3.8, 4) is 0 Å². The summed E-state index contributed by atoms with van der Waals surface area (Å²) in [6.07, 6.45) is 1.77. The number of aryl methyl sites for hydroxylation is 1. The van der Waals surface area contributed by atoms with Crippen molar-refractivity contribution in [2.45, 2.75) is 19.4 Å². The number of nitrogens with zero attached hydrogens (tertiary/aromatic N) is 3. The molecule has 0 bridgehead atoms. The summed E-state index contributed by atoms with van der Waals surface area (Å²) in [6, 6.07) is 5.85. The minimum Gasteiger partial charge on any atom is -0.334 e. The number of nitrogens with one attached hydrogen (secondary N) is 1. The molecule has 1 aromatic carbocycles. The second-order valence-corrected chi connectivity index (χ2v) is 5.27. The zero-order chi connectivity index (χ0) is 14.2. The molecule has 102 valence electrons. The summed E-state index contributed by atoms with van der Waals surface area (Å²) in [4.78, 5) is 18.3. The van der Waals surface area contributed by atoms with Crippen molar-refractivity contribution < 1.29 is 4.79 Å². The van der Waals surface area contributed by atoms with Crippen LogP contribution in [0.3, 0.4) is 0 Å². The first-order valence-electron chi connectivity index (χ1n) is 6.25. The van der Waals surface area contributed by atoms with Crippen LogP contribution < -0.4 is 10.2 Å². The predicted octanol–water partition coefficient (Wildman–Crippen LogP) is 1.53. The number of carbonyl (C=O) groups excluding carboxylic acids is 1. The Hall–Kier alpha value is -1.88. The standard InChI is InChI=1S/C14H20N4O/c1-14(2,15-3)13(19)18(5)10-6-7-12-11(8-10)16-9-17(12)4/h6-9,15H,1-5H3. The number of hydrogen-bond acceptors (Lipinski definition) is 3. The molecule has 0 spiro atoms. The highest BCUT2D eigenvalue weighted by Gasteiger charge is 2.29. The Balaban J connectivity index is 2.36. The zero-order valence-electron chi connectivity index (χ0n) is 12.1. The molecule has 1 aromatic heterocycles. The van der Waals surface area contributed by atoms with Gasteiger partial charge in [-0.3, -0.25) is 4.79 Å². The van der Waals surface area contributed by atoms with E-state index in [0.717, 1.165) is 16.7 Å². The molecular formula is C14H20N4O. The fourth-order valence-electron chi connectivity index (χ4n) is 1.98. The summed E-state index contributed by atoms with van der Waals surface area (Å²) in [5.41, 5.74) is 2.20. The first-order chi connectivity index (χ1) is 8.86.